The van der Waals surface area contributed by atoms with Crippen molar-refractivity contribution in [3.05, 3.63) is 0 Å². The Kier molecular flexibility index (Phi) is 8.07. The van der Waals surface area contributed by atoms with Crippen LogP contribution in [0.4, 0.5) is 0 Å². The molecule has 0 aromatic heterocycles. The summed E-state index contributed by atoms with van der Waals surface area (Å²) in [6.07, 6.45) is 1.16. The zero-order valence-electron chi connectivity index (χ0n) is 14.0. The fourth-order valence-electron chi connectivity index (χ4n) is 2.25. The topological polar surface area (TPSA) is 53.6 Å². The van der Waals surface area contributed by atoms with Crippen LogP contribution in [0.25, 0.3) is 0 Å². The maximum Gasteiger partial charge on any atom is 0.189 e. The molecule has 3 N–H and O–H groups in total. The summed E-state index contributed by atoms with van der Waals surface area (Å²) in [7, 11) is 0. The second kappa shape index (κ2) is 8.41. The van der Waals surface area contributed by atoms with Gasteiger partial charge in [0.1, 0.15) is 0 Å². The summed E-state index contributed by atoms with van der Waals surface area (Å²) in [4.78, 5) is 6.99. The standard InChI is InChI=1S/C15H34N4/c1-8-19(9-2)13(10-12(3)4)11-17-14(16)18-15(5,6)7/h12-13H,8-11H2,1-7H3,(H3,16,17,18). The molecule has 114 valence electrons. The molecule has 0 fully saturated rings. The summed E-state index contributed by atoms with van der Waals surface area (Å²) in [6, 6.07) is 0.482. The lowest BCUT2D eigenvalue weighted by molar-refractivity contribution is 0.196. The molecule has 0 amide bonds. The number of hydrogen-bond acceptors (Lipinski definition) is 2. The van der Waals surface area contributed by atoms with E-state index in [1.54, 1.807) is 0 Å². The molecule has 4 heteroatoms. The minimum absolute atomic E-state index is 0.0314. The highest BCUT2D eigenvalue weighted by Gasteiger charge is 2.17. The van der Waals surface area contributed by atoms with Crippen LogP contribution in [0.2, 0.25) is 0 Å². The summed E-state index contributed by atoms with van der Waals surface area (Å²) >= 11 is 0. The number of guanidine groups is 1. The Morgan fingerprint density at radius 3 is 2.11 bits per heavy atom. The number of hydrogen-bond donors (Lipinski definition) is 2. The Morgan fingerprint density at radius 2 is 1.74 bits per heavy atom. The summed E-state index contributed by atoms with van der Waals surface area (Å²) < 4.78 is 0. The van der Waals surface area contributed by atoms with Gasteiger partial charge in [0, 0.05) is 11.6 Å². The molecule has 0 spiro atoms. The van der Waals surface area contributed by atoms with Crippen LogP contribution in [0.1, 0.15) is 54.9 Å². The van der Waals surface area contributed by atoms with E-state index in [0.29, 0.717) is 17.9 Å². The van der Waals surface area contributed by atoms with Gasteiger partial charge < -0.3 is 11.1 Å². The van der Waals surface area contributed by atoms with Gasteiger partial charge in [0.05, 0.1) is 6.54 Å². The monoisotopic (exact) mass is 270 g/mol. The zero-order chi connectivity index (χ0) is 15.1. The number of nitrogens with two attached hydrogens (primary N) is 1. The molecule has 0 bridgehead atoms. The minimum atomic E-state index is -0.0314. The number of nitrogens with zero attached hydrogens (tertiary/aromatic N) is 2. The molecule has 0 saturated heterocycles. The lowest BCUT2D eigenvalue weighted by atomic mass is 10.0. The van der Waals surface area contributed by atoms with Crippen LogP contribution < -0.4 is 11.1 Å². The van der Waals surface area contributed by atoms with Crippen molar-refractivity contribution in [2.45, 2.75) is 66.5 Å². The summed E-state index contributed by atoms with van der Waals surface area (Å²) in [5, 5.41) is 3.21. The lowest BCUT2D eigenvalue weighted by Crippen LogP contribution is -2.46. The summed E-state index contributed by atoms with van der Waals surface area (Å²) in [5.74, 6) is 1.23. The quantitative estimate of drug-likeness (QED) is 0.552. The van der Waals surface area contributed by atoms with E-state index in [2.05, 4.69) is 63.7 Å². The number of nitrogens with one attached hydrogen (secondary N) is 1. The van der Waals surface area contributed by atoms with Crippen LogP contribution in [0.5, 0.6) is 0 Å². The minimum Gasteiger partial charge on any atom is -0.370 e. The Labute approximate surface area is 119 Å². The number of aliphatic imine (C=N–C) groups is 1. The van der Waals surface area contributed by atoms with Crippen LogP contribution in [0, 0.1) is 5.92 Å². The van der Waals surface area contributed by atoms with E-state index >= 15 is 0 Å². The molecule has 0 aliphatic carbocycles. The second-order valence-corrected chi connectivity index (χ2v) is 6.61. The number of rotatable bonds is 7. The van der Waals surface area contributed by atoms with Crippen LogP contribution in [-0.4, -0.2) is 42.1 Å². The third-order valence-corrected chi connectivity index (χ3v) is 3.05. The van der Waals surface area contributed by atoms with Gasteiger partial charge in [-0.2, -0.15) is 0 Å². The molecule has 0 saturated carbocycles. The van der Waals surface area contributed by atoms with Crippen molar-refractivity contribution in [2.24, 2.45) is 16.6 Å². The van der Waals surface area contributed by atoms with Gasteiger partial charge in [-0.15, -0.1) is 0 Å². The smallest absolute Gasteiger partial charge is 0.189 e. The Balaban J connectivity index is 4.59. The fraction of sp³-hybridized carbons (Fsp3) is 0.933. The third-order valence-electron chi connectivity index (χ3n) is 3.05. The second-order valence-electron chi connectivity index (χ2n) is 6.61. The molecule has 0 aromatic rings. The maximum atomic E-state index is 5.94. The molecule has 0 aromatic carbocycles. The van der Waals surface area contributed by atoms with E-state index in [1.807, 2.05) is 0 Å². The van der Waals surface area contributed by atoms with Crippen LogP contribution in [-0.2, 0) is 0 Å². The van der Waals surface area contributed by atoms with Gasteiger partial charge in [0.25, 0.3) is 0 Å². The first-order chi connectivity index (χ1) is 8.69. The molecule has 0 heterocycles. The predicted molar refractivity (Wildman–Crippen MR) is 85.5 cm³/mol. The van der Waals surface area contributed by atoms with E-state index in [-0.39, 0.29) is 5.54 Å². The number of likely N-dealkylation sites (N-methyl/N-ethyl adjacent to an activating group) is 1. The van der Waals surface area contributed by atoms with Crippen molar-refractivity contribution in [2.75, 3.05) is 19.6 Å². The van der Waals surface area contributed by atoms with Crippen molar-refractivity contribution < 1.29 is 0 Å². The van der Waals surface area contributed by atoms with Gasteiger partial charge >= 0.3 is 0 Å². The third kappa shape index (κ3) is 8.87. The molecule has 1 atom stereocenters. The van der Waals surface area contributed by atoms with E-state index in [1.165, 1.54) is 0 Å². The molecular formula is C15H34N4. The van der Waals surface area contributed by atoms with Crippen LogP contribution in [0.3, 0.4) is 0 Å². The van der Waals surface area contributed by atoms with Gasteiger partial charge in [-0.1, -0.05) is 27.7 Å². The highest BCUT2D eigenvalue weighted by molar-refractivity contribution is 5.78. The van der Waals surface area contributed by atoms with Crippen molar-refractivity contribution in [3.8, 4) is 0 Å². The summed E-state index contributed by atoms with van der Waals surface area (Å²) in [5.41, 5.74) is 5.91. The average molecular weight is 270 g/mol. The first kappa shape index (κ1) is 18.2. The SMILES string of the molecule is CCN(CC)C(CN=C(N)NC(C)(C)C)CC(C)C. The first-order valence-corrected chi connectivity index (χ1v) is 7.51. The van der Waals surface area contributed by atoms with Crippen LogP contribution >= 0.6 is 0 Å². The van der Waals surface area contributed by atoms with Gasteiger partial charge in [0.2, 0.25) is 0 Å². The molecule has 0 aliphatic rings. The van der Waals surface area contributed by atoms with Crippen molar-refractivity contribution in [3.63, 3.8) is 0 Å². The van der Waals surface area contributed by atoms with E-state index in [0.717, 1.165) is 26.1 Å². The van der Waals surface area contributed by atoms with Crippen molar-refractivity contribution in [1.29, 1.82) is 0 Å². The highest BCUT2D eigenvalue weighted by atomic mass is 15.2. The first-order valence-electron chi connectivity index (χ1n) is 7.51. The van der Waals surface area contributed by atoms with Gasteiger partial charge in [-0.25, -0.2) is 0 Å². The van der Waals surface area contributed by atoms with Crippen molar-refractivity contribution in [1.82, 2.24) is 10.2 Å². The fourth-order valence-corrected chi connectivity index (χ4v) is 2.25. The lowest BCUT2D eigenvalue weighted by Gasteiger charge is -2.30. The molecule has 0 aliphatic heterocycles. The molecule has 4 nitrogen and oxygen atoms in total. The van der Waals surface area contributed by atoms with Gasteiger partial charge in [0.15, 0.2) is 5.96 Å². The van der Waals surface area contributed by atoms with E-state index in [4.69, 9.17) is 5.73 Å². The average Bonchev–Trinajstić information content (AvgIpc) is 2.24. The van der Waals surface area contributed by atoms with E-state index in [9.17, 15) is 0 Å². The molecule has 0 radical (unpaired) electrons. The molecular weight excluding hydrogens is 236 g/mol. The molecule has 1 unspecified atom stereocenters. The normalized spacial score (nSPS) is 15.1. The van der Waals surface area contributed by atoms with Crippen LogP contribution in [0.15, 0.2) is 4.99 Å². The van der Waals surface area contributed by atoms with Crippen molar-refractivity contribution >= 4 is 5.96 Å². The zero-order valence-corrected chi connectivity index (χ0v) is 14.0. The predicted octanol–water partition coefficient (Wildman–Crippen LogP) is 2.45. The Morgan fingerprint density at radius 1 is 1.21 bits per heavy atom. The maximum absolute atomic E-state index is 5.94. The summed E-state index contributed by atoms with van der Waals surface area (Å²) in [6.45, 7) is 18.1. The van der Waals surface area contributed by atoms with E-state index < -0.39 is 0 Å². The molecule has 0 rings (SSSR count). The highest BCUT2D eigenvalue weighted by Crippen LogP contribution is 2.12. The van der Waals surface area contributed by atoms with Gasteiger partial charge in [-0.3, -0.25) is 9.89 Å². The Hall–Kier alpha value is -0.770. The molecule has 19 heavy (non-hydrogen) atoms. The Bertz CT molecular complexity index is 262. The largest absolute Gasteiger partial charge is 0.370 e. The van der Waals surface area contributed by atoms with Gasteiger partial charge in [-0.05, 0) is 46.2 Å².